The Hall–Kier alpha value is -3.48. The predicted octanol–water partition coefficient (Wildman–Crippen LogP) is 5.84. The number of ether oxygens (including phenoxy) is 1. The first-order valence-corrected chi connectivity index (χ1v) is 11.0. The Kier molecular flexibility index (Phi) is 5.48. The maximum atomic E-state index is 13.5. The molecular weight excluding hydrogens is 461 g/mol. The number of hydrogen-bond acceptors (Lipinski definition) is 4. The van der Waals surface area contributed by atoms with Gasteiger partial charge in [-0.05, 0) is 47.5 Å². The average Bonchev–Trinajstić information content (AvgIpc) is 3.36. The van der Waals surface area contributed by atoms with E-state index in [2.05, 4.69) is 10.2 Å². The smallest absolute Gasteiger partial charge is 0.273 e. The second kappa shape index (κ2) is 8.46. The number of nitrogens with zero attached hydrogens (tertiary/aromatic N) is 2. The van der Waals surface area contributed by atoms with Gasteiger partial charge in [-0.1, -0.05) is 53.5 Å². The fourth-order valence-corrected chi connectivity index (χ4v) is 4.60. The van der Waals surface area contributed by atoms with Gasteiger partial charge in [-0.25, -0.2) is 0 Å². The number of benzene rings is 3. The second-order valence-electron chi connectivity index (χ2n) is 7.73. The van der Waals surface area contributed by atoms with Crippen LogP contribution in [0.15, 0.2) is 66.7 Å². The maximum Gasteiger partial charge on any atom is 0.273 e. The summed E-state index contributed by atoms with van der Waals surface area (Å²) in [6, 6.07) is 19.2. The van der Waals surface area contributed by atoms with Crippen LogP contribution < -0.4 is 4.74 Å². The number of carbonyl (C=O) groups is 1. The van der Waals surface area contributed by atoms with Crippen LogP contribution in [0.3, 0.4) is 0 Å². The Morgan fingerprint density at radius 2 is 1.91 bits per heavy atom. The van der Waals surface area contributed by atoms with Crippen LogP contribution in [0.4, 0.5) is 0 Å². The zero-order valence-corrected chi connectivity index (χ0v) is 19.1. The van der Waals surface area contributed by atoms with E-state index in [9.17, 15) is 9.90 Å². The largest absolute Gasteiger partial charge is 0.507 e. The minimum atomic E-state index is -0.481. The van der Waals surface area contributed by atoms with E-state index in [0.717, 1.165) is 11.1 Å². The number of aromatic hydroxyl groups is 1. The van der Waals surface area contributed by atoms with Gasteiger partial charge in [0.25, 0.3) is 5.91 Å². The molecule has 0 spiro atoms. The van der Waals surface area contributed by atoms with Crippen molar-refractivity contribution in [3.63, 3.8) is 0 Å². The first-order chi connectivity index (χ1) is 16.0. The monoisotopic (exact) mass is 479 g/mol. The number of carbonyl (C=O) groups excluding carboxylic acids is 1. The summed E-state index contributed by atoms with van der Waals surface area (Å²) in [7, 11) is 1.60. The fourth-order valence-electron chi connectivity index (χ4n) is 4.23. The Morgan fingerprint density at radius 3 is 2.70 bits per heavy atom. The number of nitrogens with one attached hydrogen (secondary N) is 1. The fraction of sp³-hybridized carbons (Fsp3) is 0.120. The van der Waals surface area contributed by atoms with Crippen molar-refractivity contribution in [2.75, 3.05) is 7.11 Å². The van der Waals surface area contributed by atoms with Gasteiger partial charge >= 0.3 is 0 Å². The quantitative estimate of drug-likeness (QED) is 0.376. The normalized spacial score (nSPS) is 15.1. The van der Waals surface area contributed by atoms with Crippen molar-refractivity contribution in [1.29, 1.82) is 0 Å². The minimum absolute atomic E-state index is 0.0232. The van der Waals surface area contributed by atoms with Gasteiger partial charge in [-0.15, -0.1) is 0 Å². The van der Waals surface area contributed by atoms with Crippen LogP contribution >= 0.6 is 23.2 Å². The molecule has 1 aliphatic rings. The summed E-state index contributed by atoms with van der Waals surface area (Å²) >= 11 is 12.6. The van der Waals surface area contributed by atoms with Crippen LogP contribution in [-0.4, -0.2) is 33.2 Å². The Morgan fingerprint density at radius 1 is 1.09 bits per heavy atom. The SMILES string of the molecule is COc1cccc(C2c3c(-c4cc(Cl)ccc4O)n[nH]c3C(=O)N2Cc2ccccc2Cl)c1. The van der Waals surface area contributed by atoms with Gasteiger partial charge < -0.3 is 14.7 Å². The number of methoxy groups -OCH3 is 1. The topological polar surface area (TPSA) is 78.5 Å². The first kappa shape index (κ1) is 21.4. The molecule has 166 valence electrons. The molecule has 6 nitrogen and oxygen atoms in total. The van der Waals surface area contributed by atoms with Crippen LogP contribution in [0.1, 0.15) is 33.2 Å². The van der Waals surface area contributed by atoms with Crippen molar-refractivity contribution >= 4 is 29.1 Å². The predicted molar refractivity (Wildman–Crippen MR) is 127 cm³/mol. The molecule has 1 aromatic heterocycles. The number of halogens is 2. The van der Waals surface area contributed by atoms with Gasteiger partial charge in [0.1, 0.15) is 22.9 Å². The summed E-state index contributed by atoms with van der Waals surface area (Å²) in [6.45, 7) is 0.296. The van der Waals surface area contributed by atoms with Gasteiger partial charge in [0.15, 0.2) is 0 Å². The Bertz CT molecular complexity index is 1370. The Balaban J connectivity index is 1.69. The summed E-state index contributed by atoms with van der Waals surface area (Å²) < 4.78 is 5.43. The Labute approximate surface area is 200 Å². The van der Waals surface area contributed by atoms with Crippen molar-refractivity contribution in [3.05, 3.63) is 99.2 Å². The summed E-state index contributed by atoms with van der Waals surface area (Å²) in [5, 5.41) is 18.8. The van der Waals surface area contributed by atoms with Gasteiger partial charge in [0.2, 0.25) is 0 Å². The van der Waals surface area contributed by atoms with E-state index < -0.39 is 6.04 Å². The van der Waals surface area contributed by atoms with E-state index in [4.69, 9.17) is 27.9 Å². The molecule has 1 amide bonds. The molecule has 4 aromatic rings. The lowest BCUT2D eigenvalue weighted by atomic mass is 9.95. The van der Waals surface area contributed by atoms with Crippen LogP contribution in [0.5, 0.6) is 11.5 Å². The van der Waals surface area contributed by atoms with Gasteiger partial charge in [-0.3, -0.25) is 9.89 Å². The second-order valence-corrected chi connectivity index (χ2v) is 8.57. The molecule has 33 heavy (non-hydrogen) atoms. The molecule has 0 radical (unpaired) electrons. The summed E-state index contributed by atoms with van der Waals surface area (Å²) in [5.74, 6) is 0.481. The molecule has 2 N–H and O–H groups in total. The van der Waals surface area contributed by atoms with E-state index in [1.807, 2.05) is 42.5 Å². The molecule has 0 fully saturated rings. The van der Waals surface area contributed by atoms with E-state index in [0.29, 0.717) is 44.9 Å². The number of aromatic amines is 1. The van der Waals surface area contributed by atoms with Gasteiger partial charge in [0, 0.05) is 27.7 Å². The molecule has 2 heterocycles. The lowest BCUT2D eigenvalue weighted by Crippen LogP contribution is -2.29. The lowest BCUT2D eigenvalue weighted by Gasteiger charge is -2.27. The highest BCUT2D eigenvalue weighted by Gasteiger charge is 2.42. The number of H-pyrrole nitrogens is 1. The van der Waals surface area contributed by atoms with Crippen LogP contribution in [0.2, 0.25) is 10.0 Å². The summed E-state index contributed by atoms with van der Waals surface area (Å²) in [5.41, 5.74) is 3.61. The average molecular weight is 480 g/mol. The van der Waals surface area contributed by atoms with Crippen molar-refractivity contribution in [2.45, 2.75) is 12.6 Å². The lowest BCUT2D eigenvalue weighted by molar-refractivity contribution is 0.0730. The molecule has 3 aromatic carbocycles. The van der Waals surface area contributed by atoms with Crippen molar-refractivity contribution in [3.8, 4) is 22.8 Å². The molecule has 1 atom stereocenters. The van der Waals surface area contributed by atoms with Crippen LogP contribution in [0.25, 0.3) is 11.3 Å². The molecular formula is C25H19Cl2N3O3. The molecule has 0 aliphatic carbocycles. The molecule has 5 rings (SSSR count). The van der Waals surface area contributed by atoms with E-state index in [1.165, 1.54) is 6.07 Å². The zero-order chi connectivity index (χ0) is 23.1. The highest BCUT2D eigenvalue weighted by molar-refractivity contribution is 6.31. The summed E-state index contributed by atoms with van der Waals surface area (Å²) in [6.07, 6.45) is 0. The van der Waals surface area contributed by atoms with Crippen molar-refractivity contribution in [2.24, 2.45) is 0 Å². The van der Waals surface area contributed by atoms with Gasteiger partial charge in [0.05, 0.1) is 13.2 Å². The van der Waals surface area contributed by atoms with Gasteiger partial charge in [-0.2, -0.15) is 5.10 Å². The standard InChI is InChI=1S/C25H19Cl2N3O3/c1-33-17-7-4-6-14(11-17)24-21-22(18-12-16(26)9-10-20(18)31)28-29-23(21)25(32)30(24)13-15-5-2-3-8-19(15)27/h2-12,24,31H,13H2,1H3,(H,28,29). The number of phenols is 1. The number of rotatable bonds is 5. The number of hydrogen-bond donors (Lipinski definition) is 2. The molecule has 1 aliphatic heterocycles. The maximum absolute atomic E-state index is 13.5. The number of fused-ring (bicyclic) bond motifs is 1. The van der Waals surface area contributed by atoms with Crippen LogP contribution in [-0.2, 0) is 6.54 Å². The molecule has 1 unspecified atom stereocenters. The minimum Gasteiger partial charge on any atom is -0.507 e. The first-order valence-electron chi connectivity index (χ1n) is 10.2. The molecule has 0 saturated heterocycles. The molecule has 8 heteroatoms. The highest BCUT2D eigenvalue weighted by atomic mass is 35.5. The number of aromatic nitrogens is 2. The molecule has 0 bridgehead atoms. The highest BCUT2D eigenvalue weighted by Crippen LogP contribution is 2.46. The third kappa shape index (κ3) is 3.71. The number of phenolic OH excluding ortho intramolecular Hbond substituents is 1. The van der Waals surface area contributed by atoms with Crippen molar-refractivity contribution < 1.29 is 14.6 Å². The van der Waals surface area contributed by atoms with E-state index >= 15 is 0 Å². The van der Waals surface area contributed by atoms with Crippen molar-refractivity contribution in [1.82, 2.24) is 15.1 Å². The zero-order valence-electron chi connectivity index (χ0n) is 17.5. The summed E-state index contributed by atoms with van der Waals surface area (Å²) in [4.78, 5) is 15.3. The third-order valence-electron chi connectivity index (χ3n) is 5.79. The molecule has 0 saturated carbocycles. The third-order valence-corrected chi connectivity index (χ3v) is 6.39. The van der Waals surface area contributed by atoms with Crippen LogP contribution in [0, 0.1) is 0 Å². The number of amides is 1. The van der Waals surface area contributed by atoms with E-state index in [-0.39, 0.29) is 11.7 Å². The van der Waals surface area contributed by atoms with E-state index in [1.54, 1.807) is 30.2 Å².